The third-order valence-electron chi connectivity index (χ3n) is 2.55. The minimum Gasteiger partial charge on any atom is -0.489 e. The fraction of sp³-hybridized carbons (Fsp3) is 0.429. The van der Waals surface area contributed by atoms with E-state index in [-0.39, 0.29) is 17.3 Å². The standard InChI is InChI=1S/C14H14F2N2OS/c1-3-5-6-19-13-11(15)9(7-17)10(8-18)12(16)14(13)20-4-2/h3-6H2,1-2H3. The molecule has 0 saturated heterocycles. The summed E-state index contributed by atoms with van der Waals surface area (Å²) in [4.78, 5) is -0.0448. The van der Waals surface area contributed by atoms with Crippen molar-refractivity contribution in [1.82, 2.24) is 0 Å². The van der Waals surface area contributed by atoms with Gasteiger partial charge in [-0.1, -0.05) is 20.3 Å². The quantitative estimate of drug-likeness (QED) is 0.588. The largest absolute Gasteiger partial charge is 0.489 e. The highest BCUT2D eigenvalue weighted by molar-refractivity contribution is 7.99. The minimum atomic E-state index is -0.961. The summed E-state index contributed by atoms with van der Waals surface area (Å²) in [5.74, 6) is -1.61. The van der Waals surface area contributed by atoms with Gasteiger partial charge in [-0.2, -0.15) is 10.5 Å². The van der Waals surface area contributed by atoms with Crippen molar-refractivity contribution in [2.45, 2.75) is 31.6 Å². The molecule has 1 rings (SSSR count). The lowest BCUT2D eigenvalue weighted by Gasteiger charge is -2.14. The Morgan fingerprint density at radius 3 is 2.20 bits per heavy atom. The summed E-state index contributed by atoms with van der Waals surface area (Å²) < 4.78 is 33.7. The summed E-state index contributed by atoms with van der Waals surface area (Å²) >= 11 is 1.05. The molecule has 0 heterocycles. The van der Waals surface area contributed by atoms with Crippen molar-refractivity contribution >= 4 is 11.8 Å². The van der Waals surface area contributed by atoms with Crippen LogP contribution in [0.15, 0.2) is 4.90 Å². The van der Waals surface area contributed by atoms with E-state index in [2.05, 4.69) is 0 Å². The Kier molecular flexibility index (Phi) is 6.27. The number of unbranched alkanes of at least 4 members (excludes halogenated alkanes) is 1. The molecule has 0 bridgehead atoms. The molecule has 0 N–H and O–H groups in total. The van der Waals surface area contributed by atoms with E-state index in [1.54, 1.807) is 13.0 Å². The molecule has 1 aromatic carbocycles. The van der Waals surface area contributed by atoms with Crippen LogP contribution in [0.2, 0.25) is 0 Å². The van der Waals surface area contributed by atoms with Gasteiger partial charge in [0.1, 0.15) is 23.3 Å². The lowest BCUT2D eigenvalue weighted by Crippen LogP contribution is -2.06. The van der Waals surface area contributed by atoms with Crippen LogP contribution in [0.1, 0.15) is 37.8 Å². The van der Waals surface area contributed by atoms with Gasteiger partial charge in [-0.15, -0.1) is 11.8 Å². The van der Waals surface area contributed by atoms with E-state index in [1.165, 1.54) is 6.07 Å². The number of ether oxygens (including phenoxy) is 1. The minimum absolute atomic E-state index is 0.0448. The van der Waals surface area contributed by atoms with Crippen LogP contribution >= 0.6 is 11.8 Å². The first-order valence-electron chi connectivity index (χ1n) is 6.22. The van der Waals surface area contributed by atoms with Gasteiger partial charge in [0.15, 0.2) is 17.4 Å². The predicted octanol–water partition coefficient (Wildman–Crippen LogP) is 4.00. The molecular formula is C14H14F2N2OS. The number of nitriles is 2. The molecule has 106 valence electrons. The lowest BCUT2D eigenvalue weighted by molar-refractivity contribution is 0.283. The molecule has 3 nitrogen and oxygen atoms in total. The van der Waals surface area contributed by atoms with E-state index in [9.17, 15) is 8.78 Å². The fourth-order valence-corrected chi connectivity index (χ4v) is 2.37. The Morgan fingerprint density at radius 1 is 1.10 bits per heavy atom. The first-order valence-corrected chi connectivity index (χ1v) is 7.21. The number of rotatable bonds is 6. The maximum atomic E-state index is 14.2. The van der Waals surface area contributed by atoms with Crippen molar-refractivity contribution in [2.75, 3.05) is 12.4 Å². The topological polar surface area (TPSA) is 56.8 Å². The Labute approximate surface area is 121 Å². The first kappa shape index (κ1) is 16.3. The molecule has 0 fully saturated rings. The zero-order chi connectivity index (χ0) is 15.1. The fourth-order valence-electron chi connectivity index (χ4n) is 1.58. The van der Waals surface area contributed by atoms with Crippen LogP contribution in [0, 0.1) is 34.3 Å². The van der Waals surface area contributed by atoms with Gasteiger partial charge in [0.2, 0.25) is 0 Å². The van der Waals surface area contributed by atoms with Crippen molar-refractivity contribution in [3.8, 4) is 17.9 Å². The zero-order valence-electron chi connectivity index (χ0n) is 11.3. The predicted molar refractivity (Wildman–Crippen MR) is 72.6 cm³/mol. The molecule has 0 unspecified atom stereocenters. The highest BCUT2D eigenvalue weighted by Gasteiger charge is 2.26. The number of hydrogen-bond donors (Lipinski definition) is 0. The third-order valence-corrected chi connectivity index (χ3v) is 3.49. The van der Waals surface area contributed by atoms with Crippen LogP contribution in [0.3, 0.4) is 0 Å². The normalized spacial score (nSPS) is 9.90. The van der Waals surface area contributed by atoms with Crippen LogP contribution in [0.25, 0.3) is 0 Å². The van der Waals surface area contributed by atoms with E-state index < -0.39 is 22.8 Å². The molecule has 6 heteroatoms. The average Bonchev–Trinajstić information content (AvgIpc) is 2.45. The number of halogens is 2. The lowest BCUT2D eigenvalue weighted by atomic mass is 10.1. The van der Waals surface area contributed by atoms with E-state index >= 15 is 0 Å². The Hall–Kier alpha value is -1.79. The molecule has 0 spiro atoms. The van der Waals surface area contributed by atoms with Gasteiger partial charge in [0, 0.05) is 0 Å². The number of benzene rings is 1. The summed E-state index contributed by atoms with van der Waals surface area (Å²) in [6, 6.07) is 3.07. The maximum Gasteiger partial charge on any atom is 0.185 e. The third kappa shape index (κ3) is 3.20. The molecule has 0 atom stereocenters. The van der Waals surface area contributed by atoms with Crippen LogP contribution in [0.4, 0.5) is 8.78 Å². The summed E-state index contributed by atoms with van der Waals surface area (Å²) in [5.41, 5.74) is -1.17. The molecular weight excluding hydrogens is 282 g/mol. The van der Waals surface area contributed by atoms with Crippen molar-refractivity contribution in [3.05, 3.63) is 22.8 Å². The summed E-state index contributed by atoms with van der Waals surface area (Å²) in [7, 11) is 0. The molecule has 0 aliphatic carbocycles. The van der Waals surface area contributed by atoms with Crippen LogP contribution in [0.5, 0.6) is 5.75 Å². The van der Waals surface area contributed by atoms with Crippen molar-refractivity contribution < 1.29 is 13.5 Å². The molecule has 0 saturated carbocycles. The Balaban J connectivity index is 3.43. The zero-order valence-corrected chi connectivity index (χ0v) is 12.1. The SMILES string of the molecule is CCCCOc1c(F)c(C#N)c(C#N)c(F)c1SCC. The number of nitrogens with zero attached hydrogens (tertiary/aromatic N) is 2. The van der Waals surface area contributed by atoms with Gasteiger partial charge >= 0.3 is 0 Å². The second kappa shape index (κ2) is 7.72. The first-order chi connectivity index (χ1) is 9.62. The van der Waals surface area contributed by atoms with Crippen molar-refractivity contribution in [3.63, 3.8) is 0 Å². The van der Waals surface area contributed by atoms with Crippen molar-refractivity contribution in [2.24, 2.45) is 0 Å². The molecule has 1 aromatic rings. The monoisotopic (exact) mass is 296 g/mol. The van der Waals surface area contributed by atoms with E-state index in [1.807, 2.05) is 6.92 Å². The molecule has 0 amide bonds. The highest BCUT2D eigenvalue weighted by atomic mass is 32.2. The molecule has 0 aliphatic rings. The molecule has 0 radical (unpaired) electrons. The van der Waals surface area contributed by atoms with Crippen LogP contribution < -0.4 is 4.74 Å². The smallest absolute Gasteiger partial charge is 0.185 e. The highest BCUT2D eigenvalue weighted by Crippen LogP contribution is 2.38. The Morgan fingerprint density at radius 2 is 1.70 bits per heavy atom. The number of thioether (sulfide) groups is 1. The van der Waals surface area contributed by atoms with Gasteiger partial charge in [0.25, 0.3) is 0 Å². The van der Waals surface area contributed by atoms with Gasteiger partial charge in [-0.25, -0.2) is 8.78 Å². The Bertz CT molecular complexity index is 576. The van der Waals surface area contributed by atoms with Gasteiger partial charge in [-0.05, 0) is 12.2 Å². The summed E-state index contributed by atoms with van der Waals surface area (Å²) in [6.45, 7) is 3.96. The summed E-state index contributed by atoms with van der Waals surface area (Å²) in [6.07, 6.45) is 1.54. The van der Waals surface area contributed by atoms with Gasteiger partial charge < -0.3 is 4.74 Å². The van der Waals surface area contributed by atoms with Crippen LogP contribution in [-0.2, 0) is 0 Å². The van der Waals surface area contributed by atoms with E-state index in [0.717, 1.165) is 18.2 Å². The van der Waals surface area contributed by atoms with Crippen molar-refractivity contribution in [1.29, 1.82) is 10.5 Å². The maximum absolute atomic E-state index is 14.2. The van der Waals surface area contributed by atoms with Gasteiger partial charge in [-0.3, -0.25) is 0 Å². The van der Waals surface area contributed by atoms with Crippen LogP contribution in [-0.4, -0.2) is 12.4 Å². The molecule has 0 aromatic heterocycles. The summed E-state index contributed by atoms with van der Waals surface area (Å²) in [5, 5.41) is 17.8. The number of hydrogen-bond acceptors (Lipinski definition) is 4. The van der Waals surface area contributed by atoms with E-state index in [0.29, 0.717) is 12.2 Å². The molecule has 20 heavy (non-hydrogen) atoms. The second-order valence-electron chi connectivity index (χ2n) is 3.89. The molecule has 0 aliphatic heterocycles. The van der Waals surface area contributed by atoms with E-state index in [4.69, 9.17) is 15.3 Å². The second-order valence-corrected chi connectivity index (χ2v) is 5.17. The average molecular weight is 296 g/mol. The van der Waals surface area contributed by atoms with Gasteiger partial charge in [0.05, 0.1) is 11.5 Å².